The summed E-state index contributed by atoms with van der Waals surface area (Å²) < 4.78 is 46.3. The lowest BCUT2D eigenvalue weighted by Crippen LogP contribution is -2.20. The molecule has 6 heteroatoms. The van der Waals surface area contributed by atoms with Crippen molar-refractivity contribution in [1.29, 1.82) is 0 Å². The topological polar surface area (TPSA) is 44.5 Å². The first-order chi connectivity index (χ1) is 9.21. The average Bonchev–Trinajstić information content (AvgIpc) is 2.33. The summed E-state index contributed by atoms with van der Waals surface area (Å²) in [5.41, 5.74) is 6.83. The van der Waals surface area contributed by atoms with Gasteiger partial charge in [-0.15, -0.1) is 13.2 Å². The van der Waals surface area contributed by atoms with Crippen molar-refractivity contribution in [3.8, 4) is 5.75 Å². The minimum atomic E-state index is -4.70. The standard InChI is InChI=1S/C14H20F3NO2/c1-9(2)12-4-11(8-19-10(3)7-18)5-13(6-12)20-14(15,16)17/h4-6,9-10H,7-8,18H2,1-3H3/t10-/m1/s1. The van der Waals surface area contributed by atoms with E-state index in [1.165, 1.54) is 12.1 Å². The van der Waals surface area contributed by atoms with Crippen molar-refractivity contribution in [3.05, 3.63) is 29.3 Å². The SMILES string of the molecule is CC(C)c1cc(CO[C@H](C)CN)cc(OC(F)(F)F)c1. The lowest BCUT2D eigenvalue weighted by Gasteiger charge is -2.16. The van der Waals surface area contributed by atoms with E-state index in [2.05, 4.69) is 4.74 Å². The second kappa shape index (κ2) is 6.95. The first-order valence-corrected chi connectivity index (χ1v) is 6.42. The van der Waals surface area contributed by atoms with Crippen molar-refractivity contribution in [1.82, 2.24) is 0 Å². The van der Waals surface area contributed by atoms with Crippen molar-refractivity contribution < 1.29 is 22.6 Å². The molecule has 0 aliphatic carbocycles. The second-order valence-corrected chi connectivity index (χ2v) is 4.97. The molecule has 0 aliphatic rings. The van der Waals surface area contributed by atoms with Gasteiger partial charge in [-0.3, -0.25) is 0 Å². The average molecular weight is 291 g/mol. The van der Waals surface area contributed by atoms with Crippen LogP contribution in [0.15, 0.2) is 18.2 Å². The molecule has 0 amide bonds. The van der Waals surface area contributed by atoms with E-state index >= 15 is 0 Å². The van der Waals surface area contributed by atoms with E-state index in [1.54, 1.807) is 6.92 Å². The fourth-order valence-corrected chi connectivity index (χ4v) is 1.60. The molecule has 0 radical (unpaired) electrons. The lowest BCUT2D eigenvalue weighted by atomic mass is 10.0. The first kappa shape index (κ1) is 16.8. The first-order valence-electron chi connectivity index (χ1n) is 6.42. The van der Waals surface area contributed by atoms with Gasteiger partial charge in [0.25, 0.3) is 0 Å². The van der Waals surface area contributed by atoms with Gasteiger partial charge < -0.3 is 15.2 Å². The quantitative estimate of drug-likeness (QED) is 0.871. The summed E-state index contributed by atoms with van der Waals surface area (Å²) in [6.45, 7) is 6.17. The van der Waals surface area contributed by atoms with Gasteiger partial charge >= 0.3 is 6.36 Å². The highest BCUT2D eigenvalue weighted by Gasteiger charge is 2.31. The monoisotopic (exact) mass is 291 g/mol. The highest BCUT2D eigenvalue weighted by Crippen LogP contribution is 2.28. The van der Waals surface area contributed by atoms with Crippen LogP contribution in [-0.2, 0) is 11.3 Å². The van der Waals surface area contributed by atoms with Crippen LogP contribution in [0.25, 0.3) is 0 Å². The van der Waals surface area contributed by atoms with Gasteiger partial charge in [0.05, 0.1) is 12.7 Å². The van der Waals surface area contributed by atoms with E-state index in [0.717, 1.165) is 5.56 Å². The van der Waals surface area contributed by atoms with Gasteiger partial charge in [-0.05, 0) is 36.1 Å². The van der Waals surface area contributed by atoms with Crippen molar-refractivity contribution in [2.75, 3.05) is 6.54 Å². The summed E-state index contributed by atoms with van der Waals surface area (Å²) in [7, 11) is 0. The number of hydrogen-bond donors (Lipinski definition) is 1. The Labute approximate surface area is 116 Å². The van der Waals surface area contributed by atoms with E-state index in [1.807, 2.05) is 19.9 Å². The Bertz CT molecular complexity index is 433. The number of alkyl halides is 3. The lowest BCUT2D eigenvalue weighted by molar-refractivity contribution is -0.274. The molecule has 0 unspecified atom stereocenters. The Balaban J connectivity index is 2.93. The number of benzene rings is 1. The summed E-state index contributed by atoms with van der Waals surface area (Å²) in [4.78, 5) is 0. The van der Waals surface area contributed by atoms with Crippen LogP contribution in [0.2, 0.25) is 0 Å². The number of hydrogen-bond acceptors (Lipinski definition) is 3. The third-order valence-corrected chi connectivity index (χ3v) is 2.76. The van der Waals surface area contributed by atoms with Gasteiger partial charge in [0, 0.05) is 6.54 Å². The molecule has 0 bridgehead atoms. The van der Waals surface area contributed by atoms with Crippen LogP contribution < -0.4 is 10.5 Å². The predicted octanol–water partition coefficient (Wildman–Crippen LogP) is 3.57. The summed E-state index contributed by atoms with van der Waals surface area (Å²) in [5, 5.41) is 0. The molecule has 0 spiro atoms. The normalized spacial score (nSPS) is 13.6. The largest absolute Gasteiger partial charge is 0.573 e. The number of halogens is 3. The number of rotatable bonds is 6. The van der Waals surface area contributed by atoms with Gasteiger partial charge in [-0.1, -0.05) is 19.9 Å². The summed E-state index contributed by atoms with van der Waals surface area (Å²) in [5.74, 6) is -0.125. The van der Waals surface area contributed by atoms with Gasteiger partial charge in [0.15, 0.2) is 0 Å². The molecule has 0 aliphatic heterocycles. The zero-order chi connectivity index (χ0) is 15.3. The molecule has 0 saturated heterocycles. The highest BCUT2D eigenvalue weighted by atomic mass is 19.4. The maximum Gasteiger partial charge on any atom is 0.573 e. The van der Waals surface area contributed by atoms with Crippen LogP contribution in [0.1, 0.15) is 37.8 Å². The maximum absolute atomic E-state index is 12.3. The van der Waals surface area contributed by atoms with Crippen molar-refractivity contribution >= 4 is 0 Å². The summed E-state index contributed by atoms with van der Waals surface area (Å²) >= 11 is 0. The molecule has 0 heterocycles. The van der Waals surface area contributed by atoms with Crippen LogP contribution in [-0.4, -0.2) is 19.0 Å². The molecule has 0 saturated carbocycles. The van der Waals surface area contributed by atoms with E-state index in [4.69, 9.17) is 10.5 Å². The Kier molecular flexibility index (Phi) is 5.83. The van der Waals surface area contributed by atoms with E-state index in [-0.39, 0.29) is 24.4 Å². The molecule has 114 valence electrons. The van der Waals surface area contributed by atoms with Crippen molar-refractivity contribution in [2.45, 2.75) is 45.8 Å². The van der Waals surface area contributed by atoms with E-state index < -0.39 is 6.36 Å². The fraction of sp³-hybridized carbons (Fsp3) is 0.571. The van der Waals surface area contributed by atoms with Gasteiger partial charge in [0.1, 0.15) is 5.75 Å². The number of ether oxygens (including phenoxy) is 2. The Morgan fingerprint density at radius 3 is 2.30 bits per heavy atom. The second-order valence-electron chi connectivity index (χ2n) is 4.97. The third-order valence-electron chi connectivity index (χ3n) is 2.76. The minimum Gasteiger partial charge on any atom is -0.406 e. The third kappa shape index (κ3) is 5.79. The zero-order valence-corrected chi connectivity index (χ0v) is 11.8. The molecular weight excluding hydrogens is 271 g/mol. The summed E-state index contributed by atoms with van der Waals surface area (Å²) in [6, 6.07) is 4.55. The van der Waals surface area contributed by atoms with Crippen LogP contribution in [0.4, 0.5) is 13.2 Å². The van der Waals surface area contributed by atoms with Gasteiger partial charge in [0.2, 0.25) is 0 Å². The Morgan fingerprint density at radius 1 is 1.15 bits per heavy atom. The van der Waals surface area contributed by atoms with E-state index in [0.29, 0.717) is 12.1 Å². The smallest absolute Gasteiger partial charge is 0.406 e. The van der Waals surface area contributed by atoms with Crippen LogP contribution in [0.3, 0.4) is 0 Å². The molecule has 1 rings (SSSR count). The van der Waals surface area contributed by atoms with Crippen LogP contribution in [0, 0.1) is 0 Å². The molecule has 20 heavy (non-hydrogen) atoms. The van der Waals surface area contributed by atoms with Crippen LogP contribution in [0.5, 0.6) is 5.75 Å². The van der Waals surface area contributed by atoms with Crippen LogP contribution >= 0.6 is 0 Å². The zero-order valence-electron chi connectivity index (χ0n) is 11.8. The molecule has 1 atom stereocenters. The van der Waals surface area contributed by atoms with Gasteiger partial charge in [-0.2, -0.15) is 0 Å². The molecule has 1 aromatic rings. The van der Waals surface area contributed by atoms with Crippen molar-refractivity contribution in [3.63, 3.8) is 0 Å². The molecule has 3 nitrogen and oxygen atoms in total. The van der Waals surface area contributed by atoms with Gasteiger partial charge in [-0.25, -0.2) is 0 Å². The highest BCUT2D eigenvalue weighted by molar-refractivity contribution is 5.36. The van der Waals surface area contributed by atoms with E-state index in [9.17, 15) is 13.2 Å². The Hall–Kier alpha value is -1.27. The fourth-order valence-electron chi connectivity index (χ4n) is 1.60. The Morgan fingerprint density at radius 2 is 1.80 bits per heavy atom. The summed E-state index contributed by atoms with van der Waals surface area (Å²) in [6.07, 6.45) is -4.84. The molecule has 2 N–H and O–H groups in total. The molecule has 0 aromatic heterocycles. The maximum atomic E-state index is 12.3. The number of nitrogens with two attached hydrogens (primary N) is 1. The molecule has 1 aromatic carbocycles. The molecule has 0 fully saturated rings. The molecular formula is C14H20F3NO2. The minimum absolute atomic E-state index is 0.0949. The predicted molar refractivity (Wildman–Crippen MR) is 70.5 cm³/mol. The van der Waals surface area contributed by atoms with Crippen molar-refractivity contribution in [2.24, 2.45) is 5.73 Å².